The smallest absolute Gasteiger partial charge is 0.193 e. The van der Waals surface area contributed by atoms with Gasteiger partial charge < -0.3 is 5.73 Å². The van der Waals surface area contributed by atoms with Crippen molar-refractivity contribution in [3.63, 3.8) is 0 Å². The van der Waals surface area contributed by atoms with E-state index in [9.17, 15) is 0 Å². The van der Waals surface area contributed by atoms with Gasteiger partial charge in [0, 0.05) is 15.6 Å². The second-order valence-electron chi connectivity index (χ2n) is 3.77. The molecule has 0 spiro atoms. The van der Waals surface area contributed by atoms with E-state index in [1.54, 1.807) is 24.3 Å². The second-order valence-corrected chi connectivity index (χ2v) is 5.62. The summed E-state index contributed by atoms with van der Waals surface area (Å²) in [6.07, 6.45) is 0. The third-order valence-electron chi connectivity index (χ3n) is 2.20. The quantitative estimate of drug-likeness (QED) is 0.516. The zero-order valence-corrected chi connectivity index (χ0v) is 12.3. The summed E-state index contributed by atoms with van der Waals surface area (Å²) >= 11 is 13.3. The predicted octanol–water partition coefficient (Wildman–Crippen LogP) is 3.53. The molecule has 1 aromatic carbocycles. The van der Waals surface area contributed by atoms with Crippen LogP contribution in [0.25, 0.3) is 0 Å². The Balaban J connectivity index is 2.38. The number of aryl methyl sites for hydroxylation is 1. The number of halogens is 2. The molecule has 2 rings (SSSR count). The Morgan fingerprint density at radius 2 is 2.00 bits per heavy atom. The monoisotopic (exact) mass is 312 g/mol. The largest absolute Gasteiger partial charge is 0.382 e. The summed E-state index contributed by atoms with van der Waals surface area (Å²) in [5.74, 6) is -0.0930. The molecule has 0 aliphatic heterocycles. The van der Waals surface area contributed by atoms with Crippen molar-refractivity contribution in [2.24, 2.45) is 5.73 Å². The first kappa shape index (κ1) is 14.1. The Labute approximate surface area is 124 Å². The summed E-state index contributed by atoms with van der Waals surface area (Å²) < 4.78 is 0. The average Bonchev–Trinajstić information content (AvgIpc) is 2.33. The molecule has 0 fully saturated rings. The Bertz CT molecular complexity index is 646. The minimum absolute atomic E-state index is 0.0930. The van der Waals surface area contributed by atoms with Crippen LogP contribution in [-0.2, 0) is 0 Å². The molecule has 1 aromatic heterocycles. The Morgan fingerprint density at radius 1 is 1.26 bits per heavy atom. The van der Waals surface area contributed by atoms with E-state index < -0.39 is 0 Å². The van der Waals surface area contributed by atoms with Crippen LogP contribution in [0.1, 0.15) is 11.4 Å². The summed E-state index contributed by atoms with van der Waals surface area (Å²) in [4.78, 5) is 9.24. The molecule has 0 bridgehead atoms. The summed E-state index contributed by atoms with van der Waals surface area (Å²) in [6.45, 7) is 1.82. The molecular formula is C12H10Cl2N4S. The highest BCUT2D eigenvalue weighted by molar-refractivity contribution is 7.99. The number of nitrogens with two attached hydrogens (primary N) is 1. The molecule has 19 heavy (non-hydrogen) atoms. The van der Waals surface area contributed by atoms with Gasteiger partial charge in [0.05, 0.1) is 5.02 Å². The van der Waals surface area contributed by atoms with Gasteiger partial charge in [-0.25, -0.2) is 9.97 Å². The van der Waals surface area contributed by atoms with Gasteiger partial charge >= 0.3 is 0 Å². The maximum atomic E-state index is 7.42. The highest BCUT2D eigenvalue weighted by Crippen LogP contribution is 2.33. The first-order valence-corrected chi connectivity index (χ1v) is 6.86. The molecule has 2 aromatic rings. The molecule has 0 unspecified atom stereocenters. The van der Waals surface area contributed by atoms with Crippen LogP contribution < -0.4 is 5.73 Å². The van der Waals surface area contributed by atoms with E-state index in [1.807, 2.05) is 6.92 Å². The summed E-state index contributed by atoms with van der Waals surface area (Å²) in [5, 5.41) is 9.06. The number of hydrogen-bond donors (Lipinski definition) is 2. The molecule has 0 saturated heterocycles. The van der Waals surface area contributed by atoms with Crippen LogP contribution in [0.5, 0.6) is 0 Å². The first-order valence-electron chi connectivity index (χ1n) is 5.28. The first-order chi connectivity index (χ1) is 8.95. The molecule has 4 nitrogen and oxygen atoms in total. The van der Waals surface area contributed by atoms with E-state index in [1.165, 1.54) is 11.8 Å². The van der Waals surface area contributed by atoms with Crippen molar-refractivity contribution in [1.82, 2.24) is 9.97 Å². The molecule has 0 aliphatic carbocycles. The summed E-state index contributed by atoms with van der Waals surface area (Å²) in [7, 11) is 0. The van der Waals surface area contributed by atoms with Gasteiger partial charge in [0.15, 0.2) is 5.16 Å². The minimum atomic E-state index is -0.0930. The number of nitrogens with zero attached hydrogens (tertiary/aromatic N) is 2. The van der Waals surface area contributed by atoms with Crippen molar-refractivity contribution in [3.05, 3.63) is 45.7 Å². The van der Waals surface area contributed by atoms with E-state index in [4.69, 9.17) is 34.3 Å². The van der Waals surface area contributed by atoms with Crippen molar-refractivity contribution < 1.29 is 0 Å². The molecule has 0 saturated carbocycles. The molecule has 98 valence electrons. The fourth-order valence-electron chi connectivity index (χ4n) is 1.38. The van der Waals surface area contributed by atoms with Gasteiger partial charge in [-0.1, -0.05) is 23.2 Å². The summed E-state index contributed by atoms with van der Waals surface area (Å²) in [5.41, 5.74) is 6.57. The molecule has 7 heteroatoms. The molecular weight excluding hydrogens is 303 g/mol. The van der Waals surface area contributed by atoms with E-state index in [0.717, 1.165) is 10.6 Å². The van der Waals surface area contributed by atoms with Gasteiger partial charge in [0.2, 0.25) is 0 Å². The number of aromatic nitrogens is 2. The van der Waals surface area contributed by atoms with Crippen molar-refractivity contribution in [1.29, 1.82) is 5.41 Å². The zero-order chi connectivity index (χ0) is 14.0. The number of amidine groups is 1. The number of rotatable bonds is 3. The lowest BCUT2D eigenvalue weighted by Crippen LogP contribution is -2.14. The number of nitrogens with one attached hydrogen (secondary N) is 1. The van der Waals surface area contributed by atoms with Crippen molar-refractivity contribution in [2.75, 3.05) is 0 Å². The Kier molecular flexibility index (Phi) is 4.29. The number of nitrogen functional groups attached to an aromatic ring is 1. The zero-order valence-electron chi connectivity index (χ0n) is 9.95. The molecule has 0 amide bonds. The molecule has 0 atom stereocenters. The van der Waals surface area contributed by atoms with Crippen molar-refractivity contribution in [3.8, 4) is 0 Å². The van der Waals surface area contributed by atoms with Gasteiger partial charge in [-0.3, -0.25) is 5.41 Å². The van der Waals surface area contributed by atoms with Crippen LogP contribution in [0.3, 0.4) is 0 Å². The Hall–Kier alpha value is -1.30. The third-order valence-corrected chi connectivity index (χ3v) is 3.80. The predicted molar refractivity (Wildman–Crippen MR) is 78.4 cm³/mol. The topological polar surface area (TPSA) is 75.7 Å². The van der Waals surface area contributed by atoms with Gasteiger partial charge in [0.25, 0.3) is 0 Å². The fourth-order valence-corrected chi connectivity index (χ4v) is 2.73. The Morgan fingerprint density at radius 3 is 2.68 bits per heavy atom. The number of hydrogen-bond acceptors (Lipinski definition) is 4. The lowest BCUT2D eigenvalue weighted by Gasteiger charge is -2.06. The fraction of sp³-hybridized carbons (Fsp3) is 0.0833. The average molecular weight is 313 g/mol. The lowest BCUT2D eigenvalue weighted by molar-refractivity contribution is 0.921. The maximum absolute atomic E-state index is 7.42. The minimum Gasteiger partial charge on any atom is -0.382 e. The van der Waals surface area contributed by atoms with Gasteiger partial charge in [-0.2, -0.15) is 0 Å². The molecule has 0 radical (unpaired) electrons. The second kappa shape index (κ2) is 5.77. The van der Waals surface area contributed by atoms with Crippen LogP contribution in [0.2, 0.25) is 10.0 Å². The molecule has 0 aliphatic rings. The number of benzene rings is 1. The standard InChI is InChI=1S/C12H10Cl2N4S/c1-6-4-9(11(15)16)18-12(17-6)19-10-5-7(13)2-3-8(10)14/h2-5H,1H3,(H3,15,16). The third kappa shape index (κ3) is 3.59. The van der Waals surface area contributed by atoms with E-state index in [2.05, 4.69) is 9.97 Å². The maximum Gasteiger partial charge on any atom is 0.193 e. The lowest BCUT2D eigenvalue weighted by atomic mass is 10.3. The van der Waals surface area contributed by atoms with E-state index >= 15 is 0 Å². The van der Waals surface area contributed by atoms with E-state index in [-0.39, 0.29) is 5.84 Å². The van der Waals surface area contributed by atoms with Gasteiger partial charge in [-0.15, -0.1) is 0 Å². The van der Waals surface area contributed by atoms with Crippen LogP contribution in [0.4, 0.5) is 0 Å². The van der Waals surface area contributed by atoms with Gasteiger partial charge in [0.1, 0.15) is 11.5 Å². The van der Waals surface area contributed by atoms with Crippen LogP contribution in [0, 0.1) is 12.3 Å². The van der Waals surface area contributed by atoms with E-state index in [0.29, 0.717) is 20.9 Å². The van der Waals surface area contributed by atoms with Gasteiger partial charge in [-0.05, 0) is 43.0 Å². The molecule has 3 N–H and O–H groups in total. The highest BCUT2D eigenvalue weighted by atomic mass is 35.5. The molecule has 1 heterocycles. The normalized spacial score (nSPS) is 10.5. The highest BCUT2D eigenvalue weighted by Gasteiger charge is 2.09. The van der Waals surface area contributed by atoms with Crippen molar-refractivity contribution in [2.45, 2.75) is 17.0 Å². The van der Waals surface area contributed by atoms with Crippen LogP contribution in [0.15, 0.2) is 34.3 Å². The summed E-state index contributed by atoms with van der Waals surface area (Å²) in [6, 6.07) is 6.83. The van der Waals surface area contributed by atoms with Crippen LogP contribution >= 0.6 is 35.0 Å². The van der Waals surface area contributed by atoms with Crippen molar-refractivity contribution >= 4 is 40.8 Å². The SMILES string of the molecule is Cc1cc(C(=N)N)nc(Sc2cc(Cl)ccc2Cl)n1. The van der Waals surface area contributed by atoms with Crippen LogP contribution in [-0.4, -0.2) is 15.8 Å².